The molecule has 0 spiro atoms. The minimum atomic E-state index is -0.453. The van der Waals surface area contributed by atoms with E-state index in [1.807, 2.05) is 22.6 Å². The molecule has 4 nitrogen and oxygen atoms in total. The molecule has 0 saturated carbocycles. The minimum absolute atomic E-state index is 0.0286. The number of hydrogen-bond acceptors (Lipinski definition) is 3. The second-order valence-corrected chi connectivity index (χ2v) is 5.75. The van der Waals surface area contributed by atoms with Crippen LogP contribution in [0.3, 0.4) is 0 Å². The van der Waals surface area contributed by atoms with Crippen LogP contribution in [0, 0.1) is 19.5 Å². The second-order valence-electron chi connectivity index (χ2n) is 3.67. The van der Waals surface area contributed by atoms with E-state index >= 15 is 0 Å². The molecule has 0 aliphatic heterocycles. The van der Waals surface area contributed by atoms with Gasteiger partial charge in [-0.2, -0.15) is 0 Å². The van der Waals surface area contributed by atoms with Crippen LogP contribution >= 0.6 is 38.5 Å². The van der Waals surface area contributed by atoms with Gasteiger partial charge < -0.3 is 5.32 Å². The Balaban J connectivity index is 2.31. The summed E-state index contributed by atoms with van der Waals surface area (Å²) < 4.78 is 14.8. The molecule has 0 radical (unpaired) electrons. The monoisotopic (exact) mass is 436 g/mol. The summed E-state index contributed by atoms with van der Waals surface area (Å²) in [6.45, 7) is 0. The van der Waals surface area contributed by atoms with Crippen molar-refractivity contribution in [2.75, 3.05) is 5.32 Å². The minimum Gasteiger partial charge on any atom is -0.353 e. The first-order valence-electron chi connectivity index (χ1n) is 5.13. The molecule has 2 aromatic carbocycles. The topological polar surface area (TPSA) is 55.2 Å². The van der Waals surface area contributed by atoms with E-state index < -0.39 is 10.7 Å². The lowest BCUT2D eigenvalue weighted by Crippen LogP contribution is -1.96. The molecule has 0 fully saturated rings. The maximum Gasteiger partial charge on any atom is 0.282 e. The van der Waals surface area contributed by atoms with Crippen LogP contribution in [0.2, 0.25) is 0 Å². The highest BCUT2D eigenvalue weighted by Gasteiger charge is 2.12. The van der Waals surface area contributed by atoms with Gasteiger partial charge in [0.15, 0.2) is 0 Å². The van der Waals surface area contributed by atoms with E-state index in [-0.39, 0.29) is 5.69 Å². The molecule has 7 heteroatoms. The molecule has 0 atom stereocenters. The van der Waals surface area contributed by atoms with Gasteiger partial charge in [-0.25, -0.2) is 4.39 Å². The number of rotatable bonds is 3. The Labute approximate surface area is 130 Å². The highest BCUT2D eigenvalue weighted by atomic mass is 127. The van der Waals surface area contributed by atoms with Crippen molar-refractivity contribution in [2.45, 2.75) is 0 Å². The third kappa shape index (κ3) is 3.41. The molecular formula is C12H7BrFIN2O2. The molecule has 0 bridgehead atoms. The van der Waals surface area contributed by atoms with Gasteiger partial charge in [-0.05, 0) is 52.9 Å². The number of nitrogens with zero attached hydrogens (tertiary/aromatic N) is 1. The normalized spacial score (nSPS) is 10.3. The summed E-state index contributed by atoms with van der Waals surface area (Å²) in [6.07, 6.45) is 0. The average Bonchev–Trinajstić information content (AvgIpc) is 2.33. The van der Waals surface area contributed by atoms with Crippen LogP contribution in [0.4, 0.5) is 21.5 Å². The molecule has 0 amide bonds. The number of nitro benzene ring substituents is 1. The summed E-state index contributed by atoms with van der Waals surface area (Å²) in [4.78, 5) is 10.3. The zero-order valence-corrected chi connectivity index (χ0v) is 13.1. The molecule has 0 aromatic heterocycles. The zero-order valence-electron chi connectivity index (χ0n) is 9.36. The third-order valence-electron chi connectivity index (χ3n) is 2.35. The lowest BCUT2D eigenvalue weighted by molar-refractivity contribution is -0.385. The highest BCUT2D eigenvalue weighted by molar-refractivity contribution is 14.1. The SMILES string of the molecule is O=[N+]([O-])c1ccc(Nc2cc(Br)ccc2F)cc1I. The van der Waals surface area contributed by atoms with Crippen LogP contribution in [0.25, 0.3) is 0 Å². The van der Waals surface area contributed by atoms with Crippen molar-refractivity contribution >= 4 is 55.6 Å². The highest BCUT2D eigenvalue weighted by Crippen LogP contribution is 2.28. The Morgan fingerprint density at radius 3 is 2.63 bits per heavy atom. The quantitative estimate of drug-likeness (QED) is 0.425. The van der Waals surface area contributed by atoms with Crippen LogP contribution in [-0.2, 0) is 0 Å². The van der Waals surface area contributed by atoms with E-state index in [1.54, 1.807) is 24.3 Å². The van der Waals surface area contributed by atoms with E-state index in [1.165, 1.54) is 12.1 Å². The fourth-order valence-electron chi connectivity index (χ4n) is 1.48. The van der Waals surface area contributed by atoms with E-state index in [2.05, 4.69) is 21.2 Å². The Morgan fingerprint density at radius 1 is 1.26 bits per heavy atom. The first-order chi connectivity index (χ1) is 8.97. The number of anilines is 2. The summed E-state index contributed by atoms with van der Waals surface area (Å²) in [6, 6.07) is 9.06. The van der Waals surface area contributed by atoms with Gasteiger partial charge in [-0.1, -0.05) is 15.9 Å². The van der Waals surface area contributed by atoms with Crippen molar-refractivity contribution in [3.8, 4) is 0 Å². The van der Waals surface area contributed by atoms with Gasteiger partial charge in [0.25, 0.3) is 5.69 Å². The van der Waals surface area contributed by atoms with Crippen molar-refractivity contribution < 1.29 is 9.31 Å². The Kier molecular flexibility index (Phi) is 4.35. The van der Waals surface area contributed by atoms with Crippen molar-refractivity contribution in [3.63, 3.8) is 0 Å². The lowest BCUT2D eigenvalue weighted by atomic mass is 10.2. The predicted molar refractivity (Wildman–Crippen MR) is 83.2 cm³/mol. The molecule has 0 saturated heterocycles. The third-order valence-corrected chi connectivity index (χ3v) is 3.71. The Morgan fingerprint density at radius 2 is 2.00 bits per heavy atom. The number of nitro groups is 1. The molecule has 1 N–H and O–H groups in total. The first-order valence-corrected chi connectivity index (χ1v) is 7.00. The lowest BCUT2D eigenvalue weighted by Gasteiger charge is -2.08. The van der Waals surface area contributed by atoms with Gasteiger partial charge in [0, 0.05) is 16.2 Å². The largest absolute Gasteiger partial charge is 0.353 e. The first kappa shape index (κ1) is 14.2. The maximum atomic E-state index is 13.6. The summed E-state index contributed by atoms with van der Waals surface area (Å²) in [5, 5.41) is 13.6. The van der Waals surface area contributed by atoms with Gasteiger partial charge in [-0.3, -0.25) is 10.1 Å². The summed E-state index contributed by atoms with van der Waals surface area (Å²) in [7, 11) is 0. The Hall–Kier alpha value is -1.22. The van der Waals surface area contributed by atoms with Crippen molar-refractivity contribution in [1.29, 1.82) is 0 Å². The van der Waals surface area contributed by atoms with Gasteiger partial charge in [0.2, 0.25) is 0 Å². The number of benzene rings is 2. The van der Waals surface area contributed by atoms with Gasteiger partial charge in [0.05, 0.1) is 14.2 Å². The second kappa shape index (κ2) is 5.83. The zero-order chi connectivity index (χ0) is 14.0. The summed E-state index contributed by atoms with van der Waals surface area (Å²) in [5.74, 6) is -0.392. The molecule has 0 aliphatic rings. The maximum absolute atomic E-state index is 13.6. The van der Waals surface area contributed by atoms with Gasteiger partial charge >= 0.3 is 0 Å². The molecule has 2 rings (SSSR count). The fourth-order valence-corrected chi connectivity index (χ4v) is 2.55. The fraction of sp³-hybridized carbons (Fsp3) is 0. The Bertz CT molecular complexity index is 652. The van der Waals surface area contributed by atoms with Crippen LogP contribution in [-0.4, -0.2) is 4.92 Å². The van der Waals surface area contributed by atoms with Crippen LogP contribution in [0.1, 0.15) is 0 Å². The molecule has 19 heavy (non-hydrogen) atoms. The summed E-state index contributed by atoms with van der Waals surface area (Å²) >= 11 is 5.13. The van der Waals surface area contributed by atoms with Gasteiger partial charge in [-0.15, -0.1) is 0 Å². The number of hydrogen-bond donors (Lipinski definition) is 1. The van der Waals surface area contributed by atoms with Gasteiger partial charge in [0.1, 0.15) is 5.82 Å². The van der Waals surface area contributed by atoms with E-state index in [0.29, 0.717) is 14.9 Å². The van der Waals surface area contributed by atoms with E-state index in [4.69, 9.17) is 0 Å². The standard InChI is InChI=1S/C12H7BrFIN2O2/c13-7-1-3-9(14)11(5-7)16-8-2-4-12(17(18)19)10(15)6-8/h1-6,16H. The number of nitrogens with one attached hydrogen (secondary N) is 1. The van der Waals surface area contributed by atoms with Crippen molar-refractivity contribution in [1.82, 2.24) is 0 Å². The van der Waals surface area contributed by atoms with E-state index in [0.717, 1.165) is 4.47 Å². The van der Waals surface area contributed by atoms with Crippen LogP contribution < -0.4 is 5.32 Å². The predicted octanol–water partition coefficient (Wildman–Crippen LogP) is 4.84. The molecule has 98 valence electrons. The molecular weight excluding hydrogens is 430 g/mol. The number of halogens is 3. The average molecular weight is 437 g/mol. The molecule has 0 unspecified atom stereocenters. The smallest absolute Gasteiger partial charge is 0.282 e. The van der Waals surface area contributed by atoms with Crippen LogP contribution in [0.5, 0.6) is 0 Å². The van der Waals surface area contributed by atoms with Crippen molar-refractivity contribution in [3.05, 3.63) is 60.4 Å². The summed E-state index contributed by atoms with van der Waals surface area (Å²) in [5.41, 5.74) is 0.923. The molecule has 0 heterocycles. The van der Waals surface area contributed by atoms with E-state index in [9.17, 15) is 14.5 Å². The molecule has 2 aromatic rings. The molecule has 0 aliphatic carbocycles. The van der Waals surface area contributed by atoms with Crippen LogP contribution in [0.15, 0.2) is 40.9 Å². The van der Waals surface area contributed by atoms with Crippen molar-refractivity contribution in [2.24, 2.45) is 0 Å².